The molecule has 3 aromatic carbocycles. The molecule has 0 saturated carbocycles. The molecule has 1 saturated heterocycles. The van der Waals surface area contributed by atoms with Crippen molar-refractivity contribution in [2.24, 2.45) is 16.5 Å². The quantitative estimate of drug-likeness (QED) is 0.0539. The number of aromatic nitrogens is 2. The number of carboxylic acid groups (broad SMARTS) is 1. The van der Waals surface area contributed by atoms with Gasteiger partial charge in [0.2, 0.25) is 11.8 Å². The topological polar surface area (TPSA) is 261 Å². The SMILES string of the molecule is COc1ccc(CC(NC(=O)c2ccc(Nc3noc(C(F)(F)F)n3)cc2)C(=O)N2CCN(CC(=O)O)C(=O)C2CCCNC(=O)c2ccc(N=C(N)N)cc2)cc1.Cl. The molecule has 4 amide bonds. The molecule has 2 atom stereocenters. The molecule has 0 aliphatic carbocycles. The van der Waals surface area contributed by atoms with Crippen LogP contribution in [-0.2, 0) is 27.0 Å². The minimum absolute atomic E-state index is 0. The van der Waals surface area contributed by atoms with Crippen LogP contribution >= 0.6 is 12.4 Å². The first-order valence-corrected chi connectivity index (χ1v) is 17.6. The largest absolute Gasteiger partial charge is 0.497 e. The van der Waals surface area contributed by atoms with Crippen molar-refractivity contribution in [3.8, 4) is 5.75 Å². The van der Waals surface area contributed by atoms with Crippen LogP contribution in [0, 0.1) is 0 Å². The summed E-state index contributed by atoms with van der Waals surface area (Å²) in [6, 6.07) is 16.1. The number of nitrogens with one attached hydrogen (secondary N) is 3. The highest BCUT2D eigenvalue weighted by atomic mass is 35.5. The summed E-state index contributed by atoms with van der Waals surface area (Å²) in [5.74, 6) is -5.14. The Morgan fingerprint density at radius 3 is 2.22 bits per heavy atom. The molecule has 5 rings (SSSR count). The lowest BCUT2D eigenvalue weighted by atomic mass is 9.99. The number of hydrogen-bond donors (Lipinski definition) is 6. The molecule has 22 heteroatoms. The molecule has 314 valence electrons. The van der Waals surface area contributed by atoms with Crippen LogP contribution in [0.25, 0.3) is 0 Å². The number of guanidine groups is 1. The van der Waals surface area contributed by atoms with E-state index in [2.05, 4.69) is 35.6 Å². The first-order chi connectivity index (χ1) is 27.6. The number of halogens is 4. The van der Waals surface area contributed by atoms with E-state index in [1.165, 1.54) is 48.4 Å². The lowest BCUT2D eigenvalue weighted by molar-refractivity contribution is -0.159. The van der Waals surface area contributed by atoms with Gasteiger partial charge in [-0.2, -0.15) is 18.2 Å². The number of carbonyl (C=O) groups excluding carboxylic acids is 4. The fourth-order valence-corrected chi connectivity index (χ4v) is 6.00. The van der Waals surface area contributed by atoms with Crippen LogP contribution in [0.4, 0.5) is 30.5 Å². The van der Waals surface area contributed by atoms with Gasteiger partial charge in [-0.15, -0.1) is 12.4 Å². The highest BCUT2D eigenvalue weighted by Crippen LogP contribution is 2.29. The smallest absolute Gasteiger partial charge is 0.471 e. The Balaban J connectivity index is 0.00000769. The van der Waals surface area contributed by atoms with E-state index in [0.29, 0.717) is 22.6 Å². The number of anilines is 2. The van der Waals surface area contributed by atoms with Crippen molar-refractivity contribution in [1.29, 1.82) is 0 Å². The molecule has 0 radical (unpaired) electrons. The van der Waals surface area contributed by atoms with E-state index in [4.69, 9.17) is 16.2 Å². The Bertz CT molecular complexity index is 2130. The molecule has 8 N–H and O–H groups in total. The predicted octanol–water partition coefficient (Wildman–Crippen LogP) is 2.84. The lowest BCUT2D eigenvalue weighted by Gasteiger charge is -2.41. The maximum Gasteiger partial charge on any atom is 0.471 e. The van der Waals surface area contributed by atoms with E-state index < -0.39 is 66.2 Å². The van der Waals surface area contributed by atoms with Crippen LogP contribution < -0.4 is 32.2 Å². The molecular weight excluding hydrogens is 805 g/mol. The molecule has 0 bridgehead atoms. The zero-order valence-corrected chi connectivity index (χ0v) is 32.1. The maximum atomic E-state index is 14.4. The third-order valence-corrected chi connectivity index (χ3v) is 8.79. The first kappa shape index (κ1) is 44.8. The first-order valence-electron chi connectivity index (χ1n) is 17.6. The molecule has 1 fully saturated rings. The van der Waals surface area contributed by atoms with Crippen LogP contribution in [0.1, 0.15) is 45.0 Å². The van der Waals surface area contributed by atoms with Crippen molar-refractivity contribution in [2.45, 2.75) is 37.5 Å². The van der Waals surface area contributed by atoms with Gasteiger partial charge >= 0.3 is 18.0 Å². The summed E-state index contributed by atoms with van der Waals surface area (Å²) in [4.78, 5) is 75.7. The van der Waals surface area contributed by atoms with Gasteiger partial charge in [-0.1, -0.05) is 12.1 Å². The molecule has 0 spiro atoms. The summed E-state index contributed by atoms with van der Waals surface area (Å²) < 4.78 is 48.0. The molecule has 59 heavy (non-hydrogen) atoms. The van der Waals surface area contributed by atoms with Crippen molar-refractivity contribution in [3.63, 3.8) is 0 Å². The Hall–Kier alpha value is -6.90. The number of methoxy groups -OCH3 is 1. The van der Waals surface area contributed by atoms with Crippen molar-refractivity contribution in [1.82, 2.24) is 30.6 Å². The number of alkyl halides is 3. The number of rotatable bonds is 16. The number of carbonyl (C=O) groups is 5. The molecule has 1 aromatic heterocycles. The number of aliphatic carboxylic acids is 1. The molecule has 1 aliphatic rings. The van der Waals surface area contributed by atoms with Crippen LogP contribution in [-0.4, -0.2) is 106 Å². The van der Waals surface area contributed by atoms with Crippen LogP contribution in [0.3, 0.4) is 0 Å². The molecule has 1 aliphatic heterocycles. The van der Waals surface area contributed by atoms with Gasteiger partial charge in [-0.25, -0.2) is 4.99 Å². The van der Waals surface area contributed by atoms with Gasteiger partial charge in [-0.3, -0.25) is 24.0 Å². The van der Waals surface area contributed by atoms with E-state index in [0.717, 1.165) is 4.90 Å². The third kappa shape index (κ3) is 12.3. The second kappa shape index (κ2) is 20.0. The standard InChI is InChI=1S/C37H39F3N10O8.ClH/c1-57-26-14-4-21(5-15-26)19-27(46-31(54)23-8-12-25(13-9-23)45-36-47-34(58-48-36)37(38,39)40)32(55)50-18-17-49(20-29(51)52)33(56)28(50)3-2-16-43-30(53)22-6-10-24(11-7-22)44-35(41)42;/h4-15,27-28H,2-3,16-20H2,1H3,(H,43,53)(H,45,48)(H,46,54)(H,51,52)(H4,41,42,44);1H. The summed E-state index contributed by atoms with van der Waals surface area (Å²) in [5, 5.41) is 20.7. The lowest BCUT2D eigenvalue weighted by Crippen LogP contribution is -2.63. The summed E-state index contributed by atoms with van der Waals surface area (Å²) >= 11 is 0. The van der Waals surface area contributed by atoms with E-state index >= 15 is 0 Å². The number of piperazine rings is 1. The predicted molar refractivity (Wildman–Crippen MR) is 207 cm³/mol. The molecule has 2 heterocycles. The van der Waals surface area contributed by atoms with E-state index in [1.54, 1.807) is 36.4 Å². The van der Waals surface area contributed by atoms with E-state index in [-0.39, 0.29) is 68.5 Å². The van der Waals surface area contributed by atoms with Gasteiger partial charge in [-0.05, 0) is 84.2 Å². The number of benzene rings is 3. The molecule has 4 aromatic rings. The van der Waals surface area contributed by atoms with Crippen molar-refractivity contribution < 1.29 is 51.5 Å². The number of nitrogens with two attached hydrogens (primary N) is 2. The summed E-state index contributed by atoms with van der Waals surface area (Å²) in [7, 11) is 1.49. The molecular formula is C37H40ClF3N10O8. The number of nitrogens with zero attached hydrogens (tertiary/aromatic N) is 5. The van der Waals surface area contributed by atoms with E-state index in [1.807, 2.05) is 0 Å². The van der Waals surface area contributed by atoms with Gasteiger partial charge in [0.05, 0.1) is 12.8 Å². The third-order valence-electron chi connectivity index (χ3n) is 8.79. The zero-order chi connectivity index (χ0) is 42.0. The Morgan fingerprint density at radius 2 is 1.63 bits per heavy atom. The highest BCUT2D eigenvalue weighted by molar-refractivity contribution is 5.99. The van der Waals surface area contributed by atoms with Crippen molar-refractivity contribution in [2.75, 3.05) is 38.6 Å². The fraction of sp³-hybridized carbons (Fsp3) is 0.297. The fourth-order valence-electron chi connectivity index (χ4n) is 6.00. The normalized spacial score (nSPS) is 14.4. The van der Waals surface area contributed by atoms with Gasteiger partial charge in [0.15, 0.2) is 5.96 Å². The van der Waals surface area contributed by atoms with Crippen LogP contribution in [0.15, 0.2) is 82.3 Å². The second-order valence-corrected chi connectivity index (χ2v) is 12.9. The summed E-state index contributed by atoms with van der Waals surface area (Å²) in [6.07, 6.45) is -4.58. The highest BCUT2D eigenvalue weighted by Gasteiger charge is 2.41. The van der Waals surface area contributed by atoms with Crippen LogP contribution in [0.5, 0.6) is 5.75 Å². The molecule has 2 unspecified atom stereocenters. The van der Waals surface area contributed by atoms with Crippen molar-refractivity contribution >= 4 is 65.3 Å². The van der Waals surface area contributed by atoms with Gasteiger partial charge < -0.3 is 51.6 Å². The maximum absolute atomic E-state index is 14.4. The monoisotopic (exact) mass is 844 g/mol. The Kier molecular flexibility index (Phi) is 15.2. The number of hydrogen-bond acceptors (Lipinski definition) is 11. The van der Waals surface area contributed by atoms with Crippen molar-refractivity contribution in [3.05, 3.63) is 95.4 Å². The van der Waals surface area contributed by atoms with E-state index in [9.17, 15) is 42.3 Å². The number of ether oxygens (including phenoxy) is 1. The number of carboxylic acids is 1. The number of amides is 4. The summed E-state index contributed by atoms with van der Waals surface area (Å²) in [6.45, 7) is -0.607. The average Bonchev–Trinajstić information content (AvgIpc) is 3.67. The number of aliphatic imine (C=N–C) groups is 1. The Labute approximate surface area is 340 Å². The average molecular weight is 845 g/mol. The summed E-state index contributed by atoms with van der Waals surface area (Å²) in [5.41, 5.74) is 12.5. The second-order valence-electron chi connectivity index (χ2n) is 12.9. The zero-order valence-electron chi connectivity index (χ0n) is 31.3. The van der Waals surface area contributed by atoms with Gasteiger partial charge in [0.1, 0.15) is 24.4 Å². The minimum Gasteiger partial charge on any atom is -0.497 e. The van der Waals surface area contributed by atoms with Gasteiger partial charge in [0, 0.05) is 42.9 Å². The van der Waals surface area contributed by atoms with Gasteiger partial charge in [0.25, 0.3) is 17.8 Å². The van der Waals surface area contributed by atoms with Crippen LogP contribution in [0.2, 0.25) is 0 Å². The minimum atomic E-state index is -4.84. The Morgan fingerprint density at radius 1 is 0.983 bits per heavy atom. The molecule has 18 nitrogen and oxygen atoms in total.